The number of aryl methyl sites for hydroxylation is 1. The minimum atomic E-state index is -1.44. The highest BCUT2D eigenvalue weighted by atomic mass is 19.2. The summed E-state index contributed by atoms with van der Waals surface area (Å²) < 4.78 is 42.4. The van der Waals surface area contributed by atoms with Crippen LogP contribution in [0.4, 0.5) is 13.2 Å². The van der Waals surface area contributed by atoms with E-state index in [1.807, 2.05) is 18.2 Å². The Morgan fingerprint density at radius 3 is 2.08 bits per heavy atom. The highest BCUT2D eigenvalue weighted by molar-refractivity contribution is 5.84. The van der Waals surface area contributed by atoms with Crippen molar-refractivity contribution in [1.29, 1.82) is 0 Å². The molecule has 0 radical (unpaired) electrons. The van der Waals surface area contributed by atoms with Crippen molar-refractivity contribution < 1.29 is 13.2 Å². The zero-order valence-corrected chi connectivity index (χ0v) is 14.7. The van der Waals surface area contributed by atoms with Gasteiger partial charge in [-0.25, -0.2) is 13.2 Å². The maximum atomic E-state index is 14.6. The second-order valence-corrected chi connectivity index (χ2v) is 6.43. The maximum Gasteiger partial charge on any atom is 0.195 e. The van der Waals surface area contributed by atoms with Crippen LogP contribution in [0.5, 0.6) is 0 Å². The molecule has 0 saturated heterocycles. The lowest BCUT2D eigenvalue weighted by Gasteiger charge is -2.13. The van der Waals surface area contributed by atoms with Gasteiger partial charge in [0.05, 0.1) is 0 Å². The van der Waals surface area contributed by atoms with Gasteiger partial charge in [0.25, 0.3) is 0 Å². The van der Waals surface area contributed by atoms with E-state index in [0.717, 1.165) is 37.3 Å². The average molecular weight is 354 g/mol. The van der Waals surface area contributed by atoms with Crippen molar-refractivity contribution in [3.63, 3.8) is 0 Å². The molecule has 3 heteroatoms. The third-order valence-corrected chi connectivity index (χ3v) is 4.56. The number of rotatable bonds is 6. The number of hydrogen-bond donors (Lipinski definition) is 0. The highest BCUT2D eigenvalue weighted by Crippen LogP contribution is 2.36. The zero-order valence-electron chi connectivity index (χ0n) is 14.7. The van der Waals surface area contributed by atoms with Gasteiger partial charge in [-0.05, 0) is 41.2 Å². The molecule has 0 aliphatic heterocycles. The van der Waals surface area contributed by atoms with Crippen LogP contribution >= 0.6 is 0 Å². The normalized spacial score (nSPS) is 10.9. The van der Waals surface area contributed by atoms with Gasteiger partial charge in [0.2, 0.25) is 0 Å². The minimum Gasteiger partial charge on any atom is -0.204 e. The van der Waals surface area contributed by atoms with E-state index in [2.05, 4.69) is 6.92 Å². The topological polar surface area (TPSA) is 0 Å². The van der Waals surface area contributed by atoms with Crippen LogP contribution in [-0.2, 0) is 6.42 Å². The Bertz CT molecular complexity index is 868. The summed E-state index contributed by atoms with van der Waals surface area (Å²) in [6.45, 7) is 2.15. The smallest absolute Gasteiger partial charge is 0.195 e. The molecule has 3 aromatic rings. The van der Waals surface area contributed by atoms with E-state index in [1.54, 1.807) is 36.4 Å². The Kier molecular flexibility index (Phi) is 5.77. The van der Waals surface area contributed by atoms with Gasteiger partial charge in [-0.2, -0.15) is 0 Å². The quantitative estimate of drug-likeness (QED) is 0.325. The van der Waals surface area contributed by atoms with Crippen LogP contribution in [0, 0.1) is 17.5 Å². The lowest BCUT2D eigenvalue weighted by atomic mass is 9.92. The Labute approximate surface area is 152 Å². The van der Waals surface area contributed by atoms with Crippen molar-refractivity contribution in [2.75, 3.05) is 0 Å². The number of benzene rings is 3. The molecule has 0 atom stereocenters. The molecule has 0 aliphatic rings. The van der Waals surface area contributed by atoms with E-state index in [4.69, 9.17) is 0 Å². The van der Waals surface area contributed by atoms with Crippen LogP contribution in [0.2, 0.25) is 0 Å². The van der Waals surface area contributed by atoms with Gasteiger partial charge in [-0.1, -0.05) is 74.4 Å². The fourth-order valence-corrected chi connectivity index (χ4v) is 3.14. The van der Waals surface area contributed by atoms with Crippen LogP contribution in [0.25, 0.3) is 22.3 Å². The Balaban J connectivity index is 2.05. The molecule has 0 nitrogen and oxygen atoms in total. The first-order valence-corrected chi connectivity index (χ1v) is 8.94. The van der Waals surface area contributed by atoms with Crippen LogP contribution < -0.4 is 0 Å². The Morgan fingerprint density at radius 2 is 1.42 bits per heavy atom. The summed E-state index contributed by atoms with van der Waals surface area (Å²) in [6.07, 6.45) is 4.38. The maximum absolute atomic E-state index is 14.6. The van der Waals surface area contributed by atoms with Crippen LogP contribution in [0.3, 0.4) is 0 Å². The molecule has 0 N–H and O–H groups in total. The lowest BCUT2D eigenvalue weighted by Crippen LogP contribution is -1.98. The van der Waals surface area contributed by atoms with Crippen molar-refractivity contribution in [3.05, 3.63) is 83.7 Å². The average Bonchev–Trinajstić information content (AvgIpc) is 2.67. The molecule has 3 aromatic carbocycles. The van der Waals surface area contributed by atoms with Gasteiger partial charge >= 0.3 is 0 Å². The molecule has 26 heavy (non-hydrogen) atoms. The predicted octanol–water partition coefficient (Wildman–Crippen LogP) is 7.17. The van der Waals surface area contributed by atoms with E-state index in [9.17, 15) is 13.2 Å². The van der Waals surface area contributed by atoms with Crippen LogP contribution in [0.1, 0.15) is 31.7 Å². The molecule has 0 heterocycles. The molecule has 0 aromatic heterocycles. The van der Waals surface area contributed by atoms with E-state index in [-0.39, 0.29) is 5.56 Å². The molecule has 0 bridgehead atoms. The number of halogens is 3. The number of hydrogen-bond acceptors (Lipinski definition) is 0. The van der Waals surface area contributed by atoms with Gasteiger partial charge in [-0.15, -0.1) is 0 Å². The first-order valence-electron chi connectivity index (χ1n) is 8.94. The van der Waals surface area contributed by atoms with Crippen molar-refractivity contribution in [1.82, 2.24) is 0 Å². The monoisotopic (exact) mass is 354 g/mol. The summed E-state index contributed by atoms with van der Waals surface area (Å²) >= 11 is 0. The van der Waals surface area contributed by atoms with Crippen molar-refractivity contribution >= 4 is 0 Å². The van der Waals surface area contributed by atoms with E-state index >= 15 is 0 Å². The molecule has 134 valence electrons. The van der Waals surface area contributed by atoms with E-state index < -0.39 is 17.5 Å². The van der Waals surface area contributed by atoms with Crippen molar-refractivity contribution in [2.24, 2.45) is 0 Å². The highest BCUT2D eigenvalue weighted by Gasteiger charge is 2.20. The third-order valence-electron chi connectivity index (χ3n) is 4.56. The second kappa shape index (κ2) is 8.22. The first kappa shape index (κ1) is 18.2. The van der Waals surface area contributed by atoms with Crippen LogP contribution in [-0.4, -0.2) is 0 Å². The van der Waals surface area contributed by atoms with E-state index in [0.29, 0.717) is 16.7 Å². The summed E-state index contributed by atoms with van der Waals surface area (Å²) in [6, 6.07) is 17.4. The standard InChI is InChI=1S/C23H21F3/c1-2-3-5-8-16-11-13-18(14-12-16)21-19(17-9-6-4-7-10-17)15-20(24)22(25)23(21)26/h4,6-7,9-15H,2-3,5,8H2,1H3. The Morgan fingerprint density at radius 1 is 0.731 bits per heavy atom. The van der Waals surface area contributed by atoms with Crippen LogP contribution in [0.15, 0.2) is 60.7 Å². The molecular weight excluding hydrogens is 333 g/mol. The minimum absolute atomic E-state index is 0.0928. The largest absolute Gasteiger partial charge is 0.204 e. The third kappa shape index (κ3) is 3.82. The zero-order chi connectivity index (χ0) is 18.5. The fraction of sp³-hybridized carbons (Fsp3) is 0.217. The molecule has 0 fully saturated rings. The summed E-state index contributed by atoms with van der Waals surface area (Å²) in [5.74, 6) is -3.77. The molecule has 0 spiro atoms. The van der Waals surface area contributed by atoms with Gasteiger partial charge in [0.1, 0.15) is 0 Å². The van der Waals surface area contributed by atoms with Gasteiger partial charge in [-0.3, -0.25) is 0 Å². The van der Waals surface area contributed by atoms with Gasteiger partial charge < -0.3 is 0 Å². The van der Waals surface area contributed by atoms with Crippen molar-refractivity contribution in [3.8, 4) is 22.3 Å². The molecule has 0 amide bonds. The van der Waals surface area contributed by atoms with Gasteiger partial charge in [0.15, 0.2) is 17.5 Å². The Hall–Kier alpha value is -2.55. The summed E-state index contributed by atoms with van der Waals surface area (Å²) in [4.78, 5) is 0. The van der Waals surface area contributed by atoms with E-state index in [1.165, 1.54) is 0 Å². The van der Waals surface area contributed by atoms with Gasteiger partial charge in [0, 0.05) is 5.56 Å². The molecule has 0 unspecified atom stereocenters. The molecule has 3 rings (SSSR count). The lowest BCUT2D eigenvalue weighted by molar-refractivity contribution is 0.449. The predicted molar refractivity (Wildman–Crippen MR) is 100 cm³/mol. The second-order valence-electron chi connectivity index (χ2n) is 6.43. The fourth-order valence-electron chi connectivity index (χ4n) is 3.14. The first-order chi connectivity index (χ1) is 12.6. The molecule has 0 aliphatic carbocycles. The summed E-state index contributed by atoms with van der Waals surface area (Å²) in [5.41, 5.74) is 2.79. The van der Waals surface area contributed by atoms with Crippen molar-refractivity contribution in [2.45, 2.75) is 32.6 Å². The summed E-state index contributed by atoms with van der Waals surface area (Å²) in [5, 5.41) is 0. The SMILES string of the molecule is CCCCCc1ccc(-c2c(-c3ccccc3)cc(F)c(F)c2F)cc1. The number of unbranched alkanes of at least 4 members (excludes halogenated alkanes) is 2. The molecular formula is C23H21F3. The summed E-state index contributed by atoms with van der Waals surface area (Å²) in [7, 11) is 0. The molecule has 0 saturated carbocycles.